The zero-order valence-electron chi connectivity index (χ0n) is 17.8. The molecule has 5 nitrogen and oxygen atoms in total. The Labute approximate surface area is 182 Å². The van der Waals surface area contributed by atoms with Crippen LogP contribution in [0.15, 0.2) is 71.7 Å². The van der Waals surface area contributed by atoms with E-state index in [9.17, 15) is 4.79 Å². The number of hydrogen-bond donors (Lipinski definition) is 1. The Bertz CT molecular complexity index is 1110. The predicted octanol–water partition coefficient (Wildman–Crippen LogP) is 4.80. The molecule has 0 spiro atoms. The van der Waals surface area contributed by atoms with E-state index >= 15 is 0 Å². The summed E-state index contributed by atoms with van der Waals surface area (Å²) in [6.45, 7) is 1.28. The van der Waals surface area contributed by atoms with Gasteiger partial charge in [-0.25, -0.2) is 0 Å². The molecular weight excluding hydrogens is 388 g/mol. The Kier molecular flexibility index (Phi) is 6.43. The fourth-order valence-electron chi connectivity index (χ4n) is 3.78. The van der Waals surface area contributed by atoms with Gasteiger partial charge in [0.1, 0.15) is 5.75 Å². The van der Waals surface area contributed by atoms with E-state index in [1.165, 1.54) is 5.56 Å². The fourth-order valence-corrected chi connectivity index (χ4v) is 3.78. The number of rotatable bonds is 8. The van der Waals surface area contributed by atoms with Gasteiger partial charge in [-0.2, -0.15) is 0 Å². The van der Waals surface area contributed by atoms with Gasteiger partial charge in [-0.05, 0) is 64.6 Å². The van der Waals surface area contributed by atoms with Crippen molar-refractivity contribution in [2.75, 3.05) is 20.8 Å². The maximum absolute atomic E-state index is 13.1. The summed E-state index contributed by atoms with van der Waals surface area (Å²) >= 11 is 0. The molecule has 1 atom stereocenters. The summed E-state index contributed by atoms with van der Waals surface area (Å²) in [6, 6.07) is 21.6. The van der Waals surface area contributed by atoms with E-state index in [-0.39, 0.29) is 11.9 Å². The molecule has 1 aliphatic rings. The molecule has 0 aliphatic carbocycles. The van der Waals surface area contributed by atoms with E-state index in [4.69, 9.17) is 9.47 Å². The van der Waals surface area contributed by atoms with Gasteiger partial charge in [0.2, 0.25) is 0 Å². The maximum Gasteiger partial charge on any atom is 0.251 e. The van der Waals surface area contributed by atoms with Gasteiger partial charge in [0, 0.05) is 25.5 Å². The van der Waals surface area contributed by atoms with Crippen LogP contribution in [-0.4, -0.2) is 32.9 Å². The largest absolute Gasteiger partial charge is 0.497 e. The Morgan fingerprint density at radius 1 is 1.03 bits per heavy atom. The molecule has 1 aliphatic heterocycles. The third-order valence-electron chi connectivity index (χ3n) is 5.51. The lowest BCUT2D eigenvalue weighted by molar-refractivity contribution is 0.0924. The summed E-state index contributed by atoms with van der Waals surface area (Å²) in [5, 5.41) is 3.16. The third-order valence-corrected chi connectivity index (χ3v) is 5.51. The average Bonchev–Trinajstić information content (AvgIpc) is 3.29. The van der Waals surface area contributed by atoms with Crippen LogP contribution in [0.4, 0.5) is 0 Å². The van der Waals surface area contributed by atoms with Crippen molar-refractivity contribution >= 4 is 12.1 Å². The number of carbonyl (C=O) groups excluding carboxylic acids is 1. The first-order valence-corrected chi connectivity index (χ1v) is 10.3. The molecule has 5 heteroatoms. The minimum absolute atomic E-state index is 0.117. The van der Waals surface area contributed by atoms with Crippen molar-refractivity contribution in [1.82, 2.24) is 5.32 Å². The molecule has 1 N–H and O–H groups in total. The molecule has 31 heavy (non-hydrogen) atoms. The standard InChI is InChI=1S/C26H26N2O3/c1-30-12-11-25(20-6-4-8-24(15-20)31-2)28-26(29)21-7-3-5-18(13-21)19-9-10-22-16-27-17-23(22)14-19/h3-10,13-15,17,25H,11-12,16H2,1-2H3,(H,28,29). The Hall–Kier alpha value is -3.44. The number of amides is 1. The monoisotopic (exact) mass is 414 g/mol. The van der Waals surface area contributed by atoms with Crippen molar-refractivity contribution in [2.24, 2.45) is 4.99 Å². The summed E-state index contributed by atoms with van der Waals surface area (Å²) in [5.41, 5.74) is 6.06. The summed E-state index contributed by atoms with van der Waals surface area (Å²) in [4.78, 5) is 17.4. The first-order valence-electron chi connectivity index (χ1n) is 10.3. The lowest BCUT2D eigenvalue weighted by Gasteiger charge is -2.20. The van der Waals surface area contributed by atoms with Gasteiger partial charge in [0.15, 0.2) is 0 Å². The third kappa shape index (κ3) is 4.84. The zero-order chi connectivity index (χ0) is 21.6. The van der Waals surface area contributed by atoms with Crippen LogP contribution in [0.25, 0.3) is 11.1 Å². The van der Waals surface area contributed by atoms with Gasteiger partial charge in [-0.3, -0.25) is 9.79 Å². The van der Waals surface area contributed by atoms with E-state index in [0.717, 1.165) is 34.5 Å². The lowest BCUT2D eigenvalue weighted by atomic mass is 9.98. The Morgan fingerprint density at radius 2 is 1.87 bits per heavy atom. The van der Waals surface area contributed by atoms with Crippen LogP contribution in [0.3, 0.4) is 0 Å². The molecular formula is C26H26N2O3. The number of ether oxygens (including phenoxy) is 2. The molecule has 158 valence electrons. The molecule has 3 aromatic rings. The van der Waals surface area contributed by atoms with Gasteiger partial charge in [-0.1, -0.05) is 36.4 Å². The molecule has 0 fully saturated rings. The molecule has 1 amide bonds. The topological polar surface area (TPSA) is 59.9 Å². The van der Waals surface area contributed by atoms with Gasteiger partial charge in [-0.15, -0.1) is 0 Å². The number of fused-ring (bicyclic) bond motifs is 1. The Morgan fingerprint density at radius 3 is 2.71 bits per heavy atom. The van der Waals surface area contributed by atoms with E-state index in [1.54, 1.807) is 14.2 Å². The van der Waals surface area contributed by atoms with Crippen LogP contribution >= 0.6 is 0 Å². The van der Waals surface area contributed by atoms with Gasteiger partial charge in [0.05, 0.1) is 19.7 Å². The Balaban J connectivity index is 1.56. The molecule has 3 aromatic carbocycles. The number of hydrogen-bond acceptors (Lipinski definition) is 4. The molecule has 1 unspecified atom stereocenters. The highest BCUT2D eigenvalue weighted by molar-refractivity contribution is 5.96. The van der Waals surface area contributed by atoms with E-state index in [0.29, 0.717) is 18.6 Å². The zero-order valence-corrected chi connectivity index (χ0v) is 17.8. The molecule has 0 bridgehead atoms. The van der Waals surface area contributed by atoms with Crippen LogP contribution in [-0.2, 0) is 11.3 Å². The summed E-state index contributed by atoms with van der Waals surface area (Å²) in [7, 11) is 3.30. The molecule has 0 aromatic heterocycles. The second-order valence-corrected chi connectivity index (χ2v) is 7.55. The SMILES string of the molecule is COCCC(NC(=O)c1cccc(-c2ccc3c(c2)C=NC3)c1)c1cccc(OC)c1. The van der Waals surface area contributed by atoms with Crippen molar-refractivity contribution in [3.8, 4) is 16.9 Å². The lowest BCUT2D eigenvalue weighted by Crippen LogP contribution is -2.29. The van der Waals surface area contributed by atoms with Crippen molar-refractivity contribution in [3.63, 3.8) is 0 Å². The van der Waals surface area contributed by atoms with Gasteiger partial charge < -0.3 is 14.8 Å². The summed E-state index contributed by atoms with van der Waals surface area (Å²) in [5.74, 6) is 0.643. The maximum atomic E-state index is 13.1. The number of carbonyl (C=O) groups is 1. The van der Waals surface area contributed by atoms with Crippen molar-refractivity contribution in [3.05, 3.63) is 89.0 Å². The highest BCUT2D eigenvalue weighted by atomic mass is 16.5. The van der Waals surface area contributed by atoms with Crippen molar-refractivity contribution in [2.45, 2.75) is 19.0 Å². The van der Waals surface area contributed by atoms with Crippen LogP contribution in [0.5, 0.6) is 5.75 Å². The minimum Gasteiger partial charge on any atom is -0.497 e. The molecule has 0 radical (unpaired) electrons. The van der Waals surface area contributed by atoms with Crippen LogP contribution in [0.1, 0.15) is 39.5 Å². The normalized spacial score (nSPS) is 13.0. The smallest absolute Gasteiger partial charge is 0.251 e. The minimum atomic E-state index is -0.178. The number of methoxy groups -OCH3 is 2. The van der Waals surface area contributed by atoms with Crippen LogP contribution < -0.4 is 10.1 Å². The summed E-state index contributed by atoms with van der Waals surface area (Å²) < 4.78 is 10.6. The number of aliphatic imine (C=N–C) groups is 1. The first-order chi connectivity index (χ1) is 15.2. The van der Waals surface area contributed by atoms with E-state index < -0.39 is 0 Å². The average molecular weight is 415 g/mol. The van der Waals surface area contributed by atoms with E-state index in [2.05, 4.69) is 28.5 Å². The number of nitrogens with one attached hydrogen (secondary N) is 1. The highest BCUT2D eigenvalue weighted by Gasteiger charge is 2.17. The predicted molar refractivity (Wildman–Crippen MR) is 123 cm³/mol. The fraction of sp³-hybridized carbons (Fsp3) is 0.231. The van der Waals surface area contributed by atoms with Crippen LogP contribution in [0.2, 0.25) is 0 Å². The number of benzene rings is 3. The molecule has 4 rings (SSSR count). The van der Waals surface area contributed by atoms with Gasteiger partial charge >= 0.3 is 0 Å². The highest BCUT2D eigenvalue weighted by Crippen LogP contribution is 2.26. The quantitative estimate of drug-likeness (QED) is 0.576. The number of nitrogens with zero attached hydrogens (tertiary/aromatic N) is 1. The molecule has 1 heterocycles. The summed E-state index contributed by atoms with van der Waals surface area (Å²) in [6.07, 6.45) is 2.57. The van der Waals surface area contributed by atoms with Gasteiger partial charge in [0.25, 0.3) is 5.91 Å². The molecule has 0 saturated carbocycles. The second kappa shape index (κ2) is 9.58. The van der Waals surface area contributed by atoms with Crippen LogP contribution in [0, 0.1) is 0 Å². The second-order valence-electron chi connectivity index (χ2n) is 7.55. The van der Waals surface area contributed by atoms with E-state index in [1.807, 2.05) is 54.7 Å². The van der Waals surface area contributed by atoms with Crippen molar-refractivity contribution < 1.29 is 14.3 Å². The van der Waals surface area contributed by atoms with Crippen molar-refractivity contribution in [1.29, 1.82) is 0 Å². The first kappa shape index (κ1) is 20.8. The molecule has 0 saturated heterocycles.